The van der Waals surface area contributed by atoms with Crippen molar-refractivity contribution < 1.29 is 19.4 Å². The van der Waals surface area contributed by atoms with Crippen molar-refractivity contribution in [1.29, 1.82) is 0 Å². The van der Waals surface area contributed by atoms with Crippen LogP contribution in [0.4, 0.5) is 0 Å². The third kappa shape index (κ3) is 4.90. The molecule has 3 rings (SSSR count). The number of carbonyl (C=O) groups excluding carboxylic acids is 1. The van der Waals surface area contributed by atoms with Gasteiger partial charge in [-0.2, -0.15) is 0 Å². The van der Waals surface area contributed by atoms with E-state index in [-0.39, 0.29) is 12.5 Å². The van der Waals surface area contributed by atoms with Gasteiger partial charge in [0.15, 0.2) is 0 Å². The number of benzene rings is 2. The van der Waals surface area contributed by atoms with Crippen LogP contribution in [0.3, 0.4) is 0 Å². The molecule has 1 heterocycles. The van der Waals surface area contributed by atoms with Crippen LogP contribution in [0, 0.1) is 5.92 Å². The molecule has 0 fully saturated rings. The van der Waals surface area contributed by atoms with Crippen LogP contribution in [0.5, 0.6) is 5.75 Å². The van der Waals surface area contributed by atoms with E-state index in [0.29, 0.717) is 24.3 Å². The Hall–Kier alpha value is -3.41. The van der Waals surface area contributed by atoms with Gasteiger partial charge >= 0.3 is 5.97 Å². The summed E-state index contributed by atoms with van der Waals surface area (Å²) in [6, 6.07) is 15.0. The monoisotopic (exact) mass is 392 g/mol. The first-order chi connectivity index (χ1) is 14.0. The Balaban J connectivity index is 1.74. The lowest BCUT2D eigenvalue weighted by Gasteiger charge is -2.14. The maximum absolute atomic E-state index is 12.6. The summed E-state index contributed by atoms with van der Waals surface area (Å²) < 4.78 is 5.39. The number of carboxylic acid groups (broad SMARTS) is 1. The number of nitrogens with zero attached hydrogens (tertiary/aromatic N) is 1. The van der Waals surface area contributed by atoms with Crippen LogP contribution in [0.15, 0.2) is 54.7 Å². The molecule has 1 atom stereocenters. The van der Waals surface area contributed by atoms with Gasteiger partial charge in [-0.1, -0.05) is 43.3 Å². The minimum Gasteiger partial charge on any atom is -0.496 e. The maximum atomic E-state index is 12.6. The van der Waals surface area contributed by atoms with Gasteiger partial charge in [0, 0.05) is 23.7 Å². The average molecular weight is 392 g/mol. The third-order valence-electron chi connectivity index (χ3n) is 4.97. The largest absolute Gasteiger partial charge is 0.496 e. The second kappa shape index (κ2) is 9.19. The quantitative estimate of drug-likeness (QED) is 0.608. The molecule has 0 saturated carbocycles. The van der Waals surface area contributed by atoms with Gasteiger partial charge in [-0.05, 0) is 35.9 Å². The number of ether oxygens (including phenoxy) is 1. The highest BCUT2D eigenvalue weighted by molar-refractivity contribution is 5.96. The summed E-state index contributed by atoms with van der Waals surface area (Å²) in [6.07, 6.45) is 2.67. The second-order valence-electron chi connectivity index (χ2n) is 6.89. The number of amides is 1. The van der Waals surface area contributed by atoms with E-state index in [1.165, 1.54) is 0 Å². The van der Waals surface area contributed by atoms with E-state index in [0.717, 1.165) is 21.9 Å². The molecule has 1 aromatic heterocycles. The van der Waals surface area contributed by atoms with Gasteiger partial charge in [0.25, 0.3) is 5.91 Å². The zero-order valence-corrected chi connectivity index (χ0v) is 16.5. The molecule has 150 valence electrons. The fraction of sp³-hybridized carbons (Fsp3) is 0.261. The summed E-state index contributed by atoms with van der Waals surface area (Å²) in [5.74, 6) is -0.878. The van der Waals surface area contributed by atoms with Crippen molar-refractivity contribution in [3.8, 4) is 5.75 Å². The Morgan fingerprint density at radius 2 is 1.90 bits per heavy atom. The van der Waals surface area contributed by atoms with Crippen LogP contribution < -0.4 is 10.1 Å². The van der Waals surface area contributed by atoms with E-state index in [1.54, 1.807) is 25.4 Å². The molecular formula is C23H24N2O4. The molecule has 29 heavy (non-hydrogen) atoms. The number of aromatic nitrogens is 1. The predicted molar refractivity (Wildman–Crippen MR) is 111 cm³/mol. The molecule has 0 aliphatic heterocycles. The SMILES string of the molecule is CCC(Cc1ccc(OC)c(CNC(=O)c2cc3ccccc3cn2)c1)C(=O)O. The molecule has 1 unspecified atom stereocenters. The Bertz CT molecular complexity index is 1030. The highest BCUT2D eigenvalue weighted by atomic mass is 16.5. The van der Waals surface area contributed by atoms with Gasteiger partial charge in [-0.15, -0.1) is 0 Å². The van der Waals surface area contributed by atoms with E-state index < -0.39 is 11.9 Å². The zero-order valence-electron chi connectivity index (χ0n) is 16.5. The molecule has 1 amide bonds. The molecular weight excluding hydrogens is 368 g/mol. The van der Waals surface area contributed by atoms with Gasteiger partial charge < -0.3 is 15.2 Å². The number of hydrogen-bond donors (Lipinski definition) is 2. The van der Waals surface area contributed by atoms with Crippen molar-refractivity contribution in [2.45, 2.75) is 26.3 Å². The number of nitrogens with one attached hydrogen (secondary N) is 1. The Labute approximate surface area is 169 Å². The van der Waals surface area contributed by atoms with E-state index in [9.17, 15) is 14.7 Å². The van der Waals surface area contributed by atoms with Gasteiger partial charge in [0.05, 0.1) is 13.0 Å². The molecule has 0 aliphatic carbocycles. The number of hydrogen-bond acceptors (Lipinski definition) is 4. The van der Waals surface area contributed by atoms with E-state index in [1.807, 2.05) is 43.3 Å². The summed E-state index contributed by atoms with van der Waals surface area (Å²) in [4.78, 5) is 28.1. The highest BCUT2D eigenvalue weighted by Gasteiger charge is 2.17. The minimum atomic E-state index is -0.805. The Kier molecular flexibility index (Phi) is 6.44. The number of aliphatic carboxylic acids is 1. The summed E-state index contributed by atoms with van der Waals surface area (Å²) >= 11 is 0. The maximum Gasteiger partial charge on any atom is 0.306 e. The number of fused-ring (bicyclic) bond motifs is 1. The standard InChI is InChI=1S/C23H24N2O4/c1-3-16(23(27)28)10-15-8-9-21(29-2)19(11-15)14-25-22(26)20-12-17-6-4-5-7-18(17)13-24-20/h4-9,11-13,16H,3,10,14H2,1-2H3,(H,25,26)(H,27,28). The summed E-state index contributed by atoms with van der Waals surface area (Å²) in [5, 5.41) is 14.1. The van der Waals surface area contributed by atoms with Crippen LogP contribution in [0.2, 0.25) is 0 Å². The molecule has 6 nitrogen and oxygen atoms in total. The van der Waals surface area contributed by atoms with Crippen LogP contribution in [-0.4, -0.2) is 29.1 Å². The summed E-state index contributed by atoms with van der Waals surface area (Å²) in [5.41, 5.74) is 2.03. The fourth-order valence-corrected chi connectivity index (χ4v) is 3.26. The molecule has 2 aromatic carbocycles. The molecule has 0 radical (unpaired) electrons. The number of methoxy groups -OCH3 is 1. The van der Waals surface area contributed by atoms with Crippen molar-refractivity contribution in [1.82, 2.24) is 10.3 Å². The first-order valence-corrected chi connectivity index (χ1v) is 9.53. The van der Waals surface area contributed by atoms with Crippen molar-refractivity contribution in [2.24, 2.45) is 5.92 Å². The smallest absolute Gasteiger partial charge is 0.306 e. The molecule has 0 saturated heterocycles. The molecule has 3 aromatic rings. The van der Waals surface area contributed by atoms with Crippen molar-refractivity contribution in [2.75, 3.05) is 7.11 Å². The molecule has 0 bridgehead atoms. The minimum absolute atomic E-state index is 0.258. The average Bonchev–Trinajstić information content (AvgIpc) is 2.75. The fourth-order valence-electron chi connectivity index (χ4n) is 3.26. The summed E-state index contributed by atoms with van der Waals surface area (Å²) in [7, 11) is 1.57. The highest BCUT2D eigenvalue weighted by Crippen LogP contribution is 2.23. The van der Waals surface area contributed by atoms with Gasteiger partial charge in [-0.25, -0.2) is 0 Å². The molecule has 0 spiro atoms. The van der Waals surface area contributed by atoms with E-state index in [4.69, 9.17) is 4.74 Å². The van der Waals surface area contributed by atoms with Gasteiger partial charge in [-0.3, -0.25) is 14.6 Å². The first-order valence-electron chi connectivity index (χ1n) is 9.53. The van der Waals surface area contributed by atoms with Crippen LogP contribution in [0.1, 0.15) is 35.0 Å². The molecule has 6 heteroatoms. The number of pyridine rings is 1. The zero-order chi connectivity index (χ0) is 20.8. The van der Waals surface area contributed by atoms with Gasteiger partial charge in [0.1, 0.15) is 11.4 Å². The van der Waals surface area contributed by atoms with Crippen molar-refractivity contribution in [3.05, 3.63) is 71.5 Å². The van der Waals surface area contributed by atoms with E-state index >= 15 is 0 Å². The lowest BCUT2D eigenvalue weighted by Crippen LogP contribution is -2.24. The van der Waals surface area contributed by atoms with Gasteiger partial charge in [0.2, 0.25) is 0 Å². The topological polar surface area (TPSA) is 88.5 Å². The molecule has 2 N–H and O–H groups in total. The number of carbonyl (C=O) groups is 2. The normalized spacial score (nSPS) is 11.8. The first kappa shape index (κ1) is 20.3. The lowest BCUT2D eigenvalue weighted by atomic mass is 9.95. The Morgan fingerprint density at radius 1 is 1.14 bits per heavy atom. The third-order valence-corrected chi connectivity index (χ3v) is 4.97. The number of carboxylic acids is 1. The molecule has 0 aliphatic rings. The predicted octanol–water partition coefficient (Wildman–Crippen LogP) is 3.83. The summed E-state index contributed by atoms with van der Waals surface area (Å²) in [6.45, 7) is 2.12. The number of rotatable bonds is 8. The van der Waals surface area contributed by atoms with Crippen LogP contribution in [0.25, 0.3) is 10.8 Å². The van der Waals surface area contributed by atoms with Crippen LogP contribution >= 0.6 is 0 Å². The van der Waals surface area contributed by atoms with Crippen molar-refractivity contribution >= 4 is 22.6 Å². The lowest BCUT2D eigenvalue weighted by molar-refractivity contribution is -0.141. The second-order valence-corrected chi connectivity index (χ2v) is 6.89. The van der Waals surface area contributed by atoms with Crippen molar-refractivity contribution in [3.63, 3.8) is 0 Å². The van der Waals surface area contributed by atoms with E-state index in [2.05, 4.69) is 10.3 Å². The Morgan fingerprint density at radius 3 is 2.59 bits per heavy atom. The van der Waals surface area contributed by atoms with Crippen LogP contribution in [-0.2, 0) is 17.8 Å².